The Balaban J connectivity index is 1.37. The van der Waals surface area contributed by atoms with Crippen LogP contribution in [-0.2, 0) is 9.36 Å². The fourth-order valence-corrected chi connectivity index (χ4v) is 7.30. The number of nitrogens with one attached hydrogen (secondary N) is 1. The summed E-state index contributed by atoms with van der Waals surface area (Å²) in [5.74, 6) is 0.240. The molecule has 0 spiro atoms. The maximum Gasteiger partial charge on any atom is 0.452 e. The van der Waals surface area contributed by atoms with E-state index in [2.05, 4.69) is 5.32 Å². The lowest BCUT2D eigenvalue weighted by atomic mass is 10.1. The van der Waals surface area contributed by atoms with E-state index in [1.165, 1.54) is 0 Å². The third-order valence-corrected chi connectivity index (χ3v) is 9.78. The molecule has 0 bridgehead atoms. The van der Waals surface area contributed by atoms with Crippen LogP contribution in [0.4, 0.5) is 0 Å². The highest BCUT2D eigenvalue weighted by Crippen LogP contribution is 2.53. The molecule has 1 heterocycles. The van der Waals surface area contributed by atoms with E-state index in [1.807, 2.05) is 42.5 Å². The molecule has 1 aliphatic heterocycles. The van der Waals surface area contributed by atoms with Gasteiger partial charge < -0.3 is 29.7 Å². The van der Waals surface area contributed by atoms with E-state index < -0.39 is 25.3 Å². The van der Waals surface area contributed by atoms with Crippen molar-refractivity contribution in [1.29, 1.82) is 0 Å². The average Bonchev–Trinajstić information content (AvgIpc) is 3.58. The van der Waals surface area contributed by atoms with Gasteiger partial charge in [0.2, 0.25) is 5.91 Å². The number of rotatable bonds is 15. The van der Waals surface area contributed by atoms with Gasteiger partial charge in [0.1, 0.15) is 29.0 Å². The van der Waals surface area contributed by atoms with Gasteiger partial charge in [-0.25, -0.2) is 4.57 Å². The Hall–Kier alpha value is -4.59. The molecule has 0 saturated carbocycles. The summed E-state index contributed by atoms with van der Waals surface area (Å²) in [6.45, 7) is 0.951. The van der Waals surface area contributed by atoms with Crippen molar-refractivity contribution >= 4 is 19.4 Å². The summed E-state index contributed by atoms with van der Waals surface area (Å²) < 4.78 is 32.8. The van der Waals surface area contributed by atoms with Crippen LogP contribution in [0.3, 0.4) is 0 Å². The van der Waals surface area contributed by atoms with Crippen LogP contribution < -0.4 is 24.8 Å². The molecule has 2 atom stereocenters. The van der Waals surface area contributed by atoms with Gasteiger partial charge in [-0.05, 0) is 86.8 Å². The van der Waals surface area contributed by atoms with Crippen molar-refractivity contribution in [3.8, 4) is 23.0 Å². The highest BCUT2D eigenvalue weighted by Gasteiger charge is 2.43. The van der Waals surface area contributed by atoms with Crippen LogP contribution in [0, 0.1) is 0 Å². The van der Waals surface area contributed by atoms with Crippen LogP contribution in [0.1, 0.15) is 48.9 Å². The molecule has 2 unspecified atom stereocenters. The molecule has 46 heavy (non-hydrogen) atoms. The fraction of sp³-hybridized carbons (Fsp3) is 0.278. The van der Waals surface area contributed by atoms with Gasteiger partial charge in [0.25, 0.3) is 5.91 Å². The minimum absolute atomic E-state index is 0.278. The number of nitrogens with two attached hydrogens (primary N) is 1. The lowest BCUT2D eigenvalue weighted by Gasteiger charge is -2.31. The van der Waals surface area contributed by atoms with E-state index >= 15 is 0 Å². The SMILES string of the molecule is NCCCCCC(NC(=O)C1CCCN1C(=O)c1cccc(Oc2ccccc2)c1)P(=O)(Oc1ccccc1)Oc1ccccc1. The summed E-state index contributed by atoms with van der Waals surface area (Å²) in [6, 6.07) is 33.0. The van der Waals surface area contributed by atoms with Crippen molar-refractivity contribution in [2.75, 3.05) is 13.1 Å². The van der Waals surface area contributed by atoms with Crippen molar-refractivity contribution in [3.63, 3.8) is 0 Å². The number of unbranched alkanes of at least 4 members (excludes halogenated alkanes) is 2. The van der Waals surface area contributed by atoms with Crippen molar-refractivity contribution in [1.82, 2.24) is 10.2 Å². The first-order valence-corrected chi connectivity index (χ1v) is 17.3. The van der Waals surface area contributed by atoms with Gasteiger partial charge in [0.05, 0.1) is 0 Å². The van der Waals surface area contributed by atoms with Crippen molar-refractivity contribution in [2.24, 2.45) is 5.73 Å². The second kappa shape index (κ2) is 16.1. The Bertz CT molecular complexity index is 1560. The number of nitrogens with zero attached hydrogens (tertiary/aromatic N) is 1. The summed E-state index contributed by atoms with van der Waals surface area (Å²) in [5.41, 5.74) is 6.13. The first kappa shape index (κ1) is 32.8. The van der Waals surface area contributed by atoms with Gasteiger partial charge >= 0.3 is 7.60 Å². The topological polar surface area (TPSA) is 120 Å². The number of benzene rings is 4. The lowest BCUT2D eigenvalue weighted by molar-refractivity contribution is -0.125. The van der Waals surface area contributed by atoms with Crippen LogP contribution in [-0.4, -0.2) is 41.6 Å². The molecule has 1 aliphatic rings. The molecule has 10 heteroatoms. The normalized spacial score (nSPS) is 15.2. The summed E-state index contributed by atoms with van der Waals surface area (Å²) in [5, 5.41) is 3.00. The summed E-state index contributed by atoms with van der Waals surface area (Å²) in [6.07, 6.45) is 3.69. The average molecular weight is 642 g/mol. The van der Waals surface area contributed by atoms with Crippen LogP contribution in [0.5, 0.6) is 23.0 Å². The number of ether oxygens (including phenoxy) is 1. The van der Waals surface area contributed by atoms with Crippen LogP contribution in [0.2, 0.25) is 0 Å². The molecule has 2 amide bonds. The lowest BCUT2D eigenvalue weighted by Crippen LogP contribution is -2.49. The zero-order valence-electron chi connectivity index (χ0n) is 25.7. The maximum absolute atomic E-state index is 14.7. The highest BCUT2D eigenvalue weighted by molar-refractivity contribution is 7.55. The number of carbonyl (C=O) groups is 2. The number of hydrogen-bond acceptors (Lipinski definition) is 7. The van der Waals surface area contributed by atoms with E-state index in [0.29, 0.717) is 67.3 Å². The largest absolute Gasteiger partial charge is 0.457 e. The second-order valence-electron chi connectivity index (χ2n) is 11.1. The molecule has 5 rings (SSSR count). The van der Waals surface area contributed by atoms with Gasteiger partial charge in [-0.15, -0.1) is 0 Å². The zero-order chi connectivity index (χ0) is 32.2. The number of amides is 2. The van der Waals surface area contributed by atoms with Crippen molar-refractivity contribution < 1.29 is 27.9 Å². The molecule has 1 saturated heterocycles. The standard InChI is InChI=1S/C36H40N3O6P/c37-25-12-4-11-24-34(46(42,44-30-18-7-2-8-19-30)45-31-20-9-3-10-21-31)38-35(40)33-23-14-26-39(33)36(41)28-15-13-22-32(27-28)43-29-16-5-1-6-17-29/h1-3,5-10,13,15-22,27,33-34H,4,11-12,14,23-26,37H2,(H,38,40). The maximum atomic E-state index is 14.7. The van der Waals surface area contributed by atoms with Gasteiger partial charge in [0, 0.05) is 12.1 Å². The smallest absolute Gasteiger partial charge is 0.452 e. The summed E-state index contributed by atoms with van der Waals surface area (Å²) in [7, 11) is -4.04. The molecule has 0 radical (unpaired) electrons. The molecule has 3 N–H and O–H groups in total. The highest BCUT2D eigenvalue weighted by atomic mass is 31.2. The van der Waals surface area contributed by atoms with Gasteiger partial charge in [-0.1, -0.05) is 73.5 Å². The third-order valence-electron chi connectivity index (χ3n) is 7.70. The van der Waals surface area contributed by atoms with E-state index in [4.69, 9.17) is 19.5 Å². The minimum atomic E-state index is -4.04. The Morgan fingerprint density at radius 3 is 1.98 bits per heavy atom. The number of carbonyl (C=O) groups excluding carboxylic acids is 2. The van der Waals surface area contributed by atoms with E-state index in [1.54, 1.807) is 77.7 Å². The van der Waals surface area contributed by atoms with E-state index in [0.717, 1.165) is 12.8 Å². The summed E-state index contributed by atoms with van der Waals surface area (Å²) in [4.78, 5) is 29.3. The number of likely N-dealkylation sites (tertiary alicyclic amines) is 1. The van der Waals surface area contributed by atoms with Crippen molar-refractivity contribution in [2.45, 2.75) is 50.3 Å². The van der Waals surface area contributed by atoms with Gasteiger partial charge in [-0.3, -0.25) is 9.59 Å². The quantitative estimate of drug-likeness (QED) is 0.103. The number of hydrogen-bond donors (Lipinski definition) is 2. The predicted octanol–water partition coefficient (Wildman–Crippen LogP) is 7.40. The van der Waals surface area contributed by atoms with E-state index in [9.17, 15) is 14.2 Å². The van der Waals surface area contributed by atoms with Crippen LogP contribution >= 0.6 is 7.60 Å². The Kier molecular flexibility index (Phi) is 11.5. The Labute approximate surface area is 270 Å². The minimum Gasteiger partial charge on any atom is -0.457 e. The molecular formula is C36H40N3O6P. The number of para-hydroxylation sites is 3. The van der Waals surface area contributed by atoms with Crippen LogP contribution in [0.25, 0.3) is 0 Å². The fourth-order valence-electron chi connectivity index (χ4n) is 5.40. The molecule has 0 aromatic heterocycles. The Morgan fingerprint density at radius 1 is 0.783 bits per heavy atom. The van der Waals surface area contributed by atoms with Gasteiger partial charge in [0.15, 0.2) is 5.78 Å². The first-order chi connectivity index (χ1) is 22.4. The third kappa shape index (κ3) is 8.77. The first-order valence-electron chi connectivity index (χ1n) is 15.7. The van der Waals surface area contributed by atoms with Gasteiger partial charge in [-0.2, -0.15) is 0 Å². The Morgan fingerprint density at radius 2 is 1.37 bits per heavy atom. The molecule has 9 nitrogen and oxygen atoms in total. The molecule has 240 valence electrons. The predicted molar refractivity (Wildman–Crippen MR) is 178 cm³/mol. The molecule has 4 aromatic carbocycles. The molecule has 4 aromatic rings. The van der Waals surface area contributed by atoms with Crippen molar-refractivity contribution in [3.05, 3.63) is 121 Å². The van der Waals surface area contributed by atoms with E-state index in [-0.39, 0.29) is 5.91 Å². The van der Waals surface area contributed by atoms with Crippen LogP contribution in [0.15, 0.2) is 115 Å². The molecular weight excluding hydrogens is 601 g/mol. The monoisotopic (exact) mass is 641 g/mol. The molecule has 0 aliphatic carbocycles. The zero-order valence-corrected chi connectivity index (χ0v) is 26.6. The summed E-state index contributed by atoms with van der Waals surface area (Å²) >= 11 is 0. The molecule has 1 fully saturated rings. The second-order valence-corrected chi connectivity index (χ2v) is 13.2.